The van der Waals surface area contributed by atoms with Crippen molar-refractivity contribution in [3.8, 4) is 0 Å². The van der Waals surface area contributed by atoms with Gasteiger partial charge in [-0.15, -0.1) is 11.3 Å². The van der Waals surface area contributed by atoms with Crippen molar-refractivity contribution in [3.63, 3.8) is 0 Å². The fourth-order valence-electron chi connectivity index (χ4n) is 2.47. The highest BCUT2D eigenvalue weighted by Crippen LogP contribution is 2.38. The lowest BCUT2D eigenvalue weighted by Crippen LogP contribution is -2.11. The van der Waals surface area contributed by atoms with Crippen LogP contribution in [0.3, 0.4) is 0 Å². The summed E-state index contributed by atoms with van der Waals surface area (Å²) in [6, 6.07) is 0. The molecule has 1 aliphatic carbocycles. The second kappa shape index (κ2) is 4.62. The summed E-state index contributed by atoms with van der Waals surface area (Å²) in [6.07, 6.45) is 5.39. The van der Waals surface area contributed by atoms with E-state index in [4.69, 9.17) is 5.73 Å². The van der Waals surface area contributed by atoms with E-state index < -0.39 is 0 Å². The molecule has 0 aliphatic heterocycles. The van der Waals surface area contributed by atoms with Gasteiger partial charge in [-0.1, -0.05) is 19.8 Å². The molecule has 2 rings (SSSR count). The van der Waals surface area contributed by atoms with Crippen LogP contribution in [0.2, 0.25) is 0 Å². The smallest absolute Gasteiger partial charge is 0.0962 e. The Morgan fingerprint density at radius 3 is 2.87 bits per heavy atom. The van der Waals surface area contributed by atoms with Gasteiger partial charge in [0.05, 0.1) is 10.7 Å². The average Bonchev–Trinajstić information content (AvgIpc) is 2.60. The molecular formula is C12H20N2S. The van der Waals surface area contributed by atoms with Crippen molar-refractivity contribution in [2.45, 2.75) is 52.0 Å². The maximum Gasteiger partial charge on any atom is 0.0962 e. The second-order valence-corrected chi connectivity index (χ2v) is 5.85. The molecule has 15 heavy (non-hydrogen) atoms. The molecule has 0 saturated heterocycles. The zero-order valence-corrected chi connectivity index (χ0v) is 10.4. The summed E-state index contributed by atoms with van der Waals surface area (Å²) in [4.78, 5) is 5.94. The van der Waals surface area contributed by atoms with Gasteiger partial charge in [0.25, 0.3) is 0 Å². The summed E-state index contributed by atoms with van der Waals surface area (Å²) in [5.74, 6) is 1.58. The number of thiazole rings is 1. The molecule has 1 aromatic rings. The minimum absolute atomic E-state index is 0.645. The van der Waals surface area contributed by atoms with Crippen LogP contribution >= 0.6 is 11.3 Å². The first-order valence-corrected chi connectivity index (χ1v) is 6.68. The van der Waals surface area contributed by atoms with E-state index in [0.717, 1.165) is 11.6 Å². The van der Waals surface area contributed by atoms with Crippen molar-refractivity contribution < 1.29 is 0 Å². The molecule has 0 aromatic carbocycles. The Kier molecular flexibility index (Phi) is 3.42. The minimum Gasteiger partial charge on any atom is -0.326 e. The maximum absolute atomic E-state index is 5.69. The van der Waals surface area contributed by atoms with Crippen LogP contribution in [0.4, 0.5) is 0 Å². The third-order valence-electron chi connectivity index (χ3n) is 3.38. The van der Waals surface area contributed by atoms with Gasteiger partial charge in [-0.05, 0) is 25.7 Å². The van der Waals surface area contributed by atoms with E-state index in [1.54, 1.807) is 0 Å². The van der Waals surface area contributed by atoms with Crippen molar-refractivity contribution in [2.24, 2.45) is 11.7 Å². The van der Waals surface area contributed by atoms with Gasteiger partial charge in [0.1, 0.15) is 0 Å². The van der Waals surface area contributed by atoms with Crippen LogP contribution in [0.25, 0.3) is 0 Å². The molecular weight excluding hydrogens is 204 g/mol. The van der Waals surface area contributed by atoms with Crippen LogP contribution < -0.4 is 5.73 Å². The topological polar surface area (TPSA) is 38.9 Å². The van der Waals surface area contributed by atoms with Gasteiger partial charge in [-0.2, -0.15) is 0 Å². The highest BCUT2D eigenvalue weighted by atomic mass is 32.1. The standard InChI is InChI=1S/C12H20N2S/c1-8-4-3-5-10(6-8)12-14-9(2)11(7-13)15-12/h8,10H,3-7,13H2,1-2H3. The van der Waals surface area contributed by atoms with Gasteiger partial charge in [0, 0.05) is 17.3 Å². The Hall–Kier alpha value is -0.410. The predicted molar refractivity (Wildman–Crippen MR) is 65.1 cm³/mol. The summed E-state index contributed by atoms with van der Waals surface area (Å²) in [5.41, 5.74) is 6.84. The Bertz CT molecular complexity index is 332. The number of nitrogens with two attached hydrogens (primary N) is 1. The van der Waals surface area contributed by atoms with Gasteiger partial charge in [-0.25, -0.2) is 4.98 Å². The van der Waals surface area contributed by atoms with Crippen LogP contribution in [-0.2, 0) is 6.54 Å². The van der Waals surface area contributed by atoms with E-state index >= 15 is 0 Å². The van der Waals surface area contributed by atoms with E-state index in [2.05, 4.69) is 18.8 Å². The summed E-state index contributed by atoms with van der Waals surface area (Å²) in [7, 11) is 0. The molecule has 0 spiro atoms. The first-order valence-electron chi connectivity index (χ1n) is 5.87. The predicted octanol–water partition coefficient (Wildman–Crippen LogP) is 3.20. The first-order chi connectivity index (χ1) is 7.20. The number of hydrogen-bond acceptors (Lipinski definition) is 3. The number of rotatable bonds is 2. The fraction of sp³-hybridized carbons (Fsp3) is 0.750. The molecule has 2 atom stereocenters. The molecule has 2 unspecified atom stereocenters. The van der Waals surface area contributed by atoms with Crippen molar-refractivity contribution in [3.05, 3.63) is 15.6 Å². The van der Waals surface area contributed by atoms with Gasteiger partial charge < -0.3 is 5.73 Å². The van der Waals surface area contributed by atoms with Gasteiger partial charge >= 0.3 is 0 Å². The number of aryl methyl sites for hydroxylation is 1. The van der Waals surface area contributed by atoms with Gasteiger partial charge in [-0.3, -0.25) is 0 Å². The van der Waals surface area contributed by atoms with E-state index in [1.807, 2.05) is 11.3 Å². The quantitative estimate of drug-likeness (QED) is 0.838. The number of aromatic nitrogens is 1. The van der Waals surface area contributed by atoms with E-state index in [-0.39, 0.29) is 0 Å². The summed E-state index contributed by atoms with van der Waals surface area (Å²) in [6.45, 7) is 5.08. The van der Waals surface area contributed by atoms with Crippen molar-refractivity contribution >= 4 is 11.3 Å². The molecule has 1 aliphatic rings. The monoisotopic (exact) mass is 224 g/mol. The van der Waals surface area contributed by atoms with E-state index in [1.165, 1.54) is 35.6 Å². The first kappa shape index (κ1) is 11.1. The third kappa shape index (κ3) is 2.40. The van der Waals surface area contributed by atoms with Crippen LogP contribution in [-0.4, -0.2) is 4.98 Å². The van der Waals surface area contributed by atoms with Crippen molar-refractivity contribution in [1.82, 2.24) is 4.98 Å². The van der Waals surface area contributed by atoms with Gasteiger partial charge in [0.2, 0.25) is 0 Å². The fourth-order valence-corrected chi connectivity index (χ4v) is 3.57. The molecule has 2 nitrogen and oxygen atoms in total. The van der Waals surface area contributed by atoms with Crippen LogP contribution in [0.15, 0.2) is 0 Å². The SMILES string of the molecule is Cc1nc(C2CCCC(C)C2)sc1CN. The van der Waals surface area contributed by atoms with Crippen LogP contribution in [0, 0.1) is 12.8 Å². The maximum atomic E-state index is 5.69. The zero-order valence-electron chi connectivity index (χ0n) is 9.62. The molecule has 0 radical (unpaired) electrons. The number of nitrogens with zero attached hydrogens (tertiary/aromatic N) is 1. The number of hydrogen-bond donors (Lipinski definition) is 1. The summed E-state index contributed by atoms with van der Waals surface area (Å²) in [5, 5.41) is 1.33. The van der Waals surface area contributed by atoms with Gasteiger partial charge in [0.15, 0.2) is 0 Å². The molecule has 1 aromatic heterocycles. The lowest BCUT2D eigenvalue weighted by atomic mass is 9.83. The Balaban J connectivity index is 2.14. The van der Waals surface area contributed by atoms with Crippen molar-refractivity contribution in [1.29, 1.82) is 0 Å². The minimum atomic E-state index is 0.645. The molecule has 84 valence electrons. The summed E-state index contributed by atoms with van der Waals surface area (Å²) >= 11 is 1.83. The molecule has 0 bridgehead atoms. The molecule has 2 N–H and O–H groups in total. The molecule has 1 fully saturated rings. The molecule has 0 amide bonds. The summed E-state index contributed by atoms with van der Waals surface area (Å²) < 4.78 is 0. The van der Waals surface area contributed by atoms with Crippen LogP contribution in [0.1, 0.15) is 54.1 Å². The lowest BCUT2D eigenvalue weighted by molar-refractivity contribution is 0.343. The van der Waals surface area contributed by atoms with E-state index in [0.29, 0.717) is 12.5 Å². The normalized spacial score (nSPS) is 26.9. The highest BCUT2D eigenvalue weighted by Gasteiger charge is 2.23. The second-order valence-electron chi connectivity index (χ2n) is 4.73. The third-order valence-corrected chi connectivity index (χ3v) is 4.72. The average molecular weight is 224 g/mol. The Morgan fingerprint density at radius 2 is 2.27 bits per heavy atom. The molecule has 3 heteroatoms. The largest absolute Gasteiger partial charge is 0.326 e. The van der Waals surface area contributed by atoms with Crippen molar-refractivity contribution in [2.75, 3.05) is 0 Å². The van der Waals surface area contributed by atoms with E-state index in [9.17, 15) is 0 Å². The highest BCUT2D eigenvalue weighted by molar-refractivity contribution is 7.11. The lowest BCUT2D eigenvalue weighted by Gasteiger charge is -2.24. The molecule has 1 heterocycles. The Labute approximate surface area is 95.9 Å². The van der Waals surface area contributed by atoms with Crippen LogP contribution in [0.5, 0.6) is 0 Å². The Morgan fingerprint density at radius 1 is 1.47 bits per heavy atom. The zero-order chi connectivity index (χ0) is 10.8. The molecule has 1 saturated carbocycles.